The Morgan fingerprint density at radius 3 is 2.57 bits per heavy atom. The molecule has 0 unspecified atom stereocenters. The standard InChI is InChI=1S/C15H17FN4O2S/c1-9(2)17-13(21)7-12-8-23-15(19-12)20-14(22)18-11-5-3-10(16)4-6-11/h3-6,8-9H,7H2,1-2H3,(H,17,21)(H2,18,19,20,22). The molecule has 23 heavy (non-hydrogen) atoms. The van der Waals surface area contributed by atoms with Crippen LogP contribution in [0.1, 0.15) is 19.5 Å². The van der Waals surface area contributed by atoms with Crippen LogP contribution in [0.5, 0.6) is 0 Å². The summed E-state index contributed by atoms with van der Waals surface area (Å²) in [5, 5.41) is 10.0. The van der Waals surface area contributed by atoms with Gasteiger partial charge in [-0.2, -0.15) is 0 Å². The number of rotatable bonds is 5. The Kier molecular flexibility index (Phi) is 5.64. The molecule has 8 heteroatoms. The number of urea groups is 1. The Bertz CT molecular complexity index is 685. The minimum atomic E-state index is -0.482. The van der Waals surface area contributed by atoms with Gasteiger partial charge in [-0.3, -0.25) is 10.1 Å². The van der Waals surface area contributed by atoms with Gasteiger partial charge in [0.2, 0.25) is 5.91 Å². The van der Waals surface area contributed by atoms with Crippen LogP contribution in [0.3, 0.4) is 0 Å². The van der Waals surface area contributed by atoms with Crippen LogP contribution < -0.4 is 16.0 Å². The first kappa shape index (κ1) is 16.9. The number of anilines is 2. The molecule has 1 aromatic heterocycles. The van der Waals surface area contributed by atoms with Crippen molar-refractivity contribution in [2.75, 3.05) is 10.6 Å². The topological polar surface area (TPSA) is 83.1 Å². The van der Waals surface area contributed by atoms with E-state index in [1.807, 2.05) is 13.8 Å². The lowest BCUT2D eigenvalue weighted by molar-refractivity contribution is -0.120. The summed E-state index contributed by atoms with van der Waals surface area (Å²) >= 11 is 1.23. The van der Waals surface area contributed by atoms with Gasteiger partial charge in [0.15, 0.2) is 5.13 Å². The molecular formula is C15H17FN4O2S. The molecule has 0 aliphatic rings. The van der Waals surface area contributed by atoms with Gasteiger partial charge in [-0.25, -0.2) is 14.2 Å². The Morgan fingerprint density at radius 1 is 1.22 bits per heavy atom. The molecule has 0 fully saturated rings. The van der Waals surface area contributed by atoms with Crippen molar-refractivity contribution in [1.29, 1.82) is 0 Å². The van der Waals surface area contributed by atoms with Crippen molar-refractivity contribution in [2.45, 2.75) is 26.3 Å². The van der Waals surface area contributed by atoms with Crippen molar-refractivity contribution in [3.8, 4) is 0 Å². The summed E-state index contributed by atoms with van der Waals surface area (Å²) in [6, 6.07) is 5.01. The molecule has 3 N–H and O–H groups in total. The maximum Gasteiger partial charge on any atom is 0.325 e. The van der Waals surface area contributed by atoms with E-state index in [0.29, 0.717) is 16.5 Å². The van der Waals surface area contributed by atoms with Crippen LogP contribution >= 0.6 is 11.3 Å². The van der Waals surface area contributed by atoms with E-state index in [2.05, 4.69) is 20.9 Å². The second kappa shape index (κ2) is 7.68. The Hall–Kier alpha value is -2.48. The molecule has 1 aromatic carbocycles. The van der Waals surface area contributed by atoms with Gasteiger partial charge in [0.25, 0.3) is 0 Å². The first-order valence-corrected chi connectivity index (χ1v) is 7.87. The van der Waals surface area contributed by atoms with Gasteiger partial charge < -0.3 is 10.6 Å². The molecule has 0 atom stereocenters. The largest absolute Gasteiger partial charge is 0.354 e. The number of halogens is 1. The van der Waals surface area contributed by atoms with Crippen molar-refractivity contribution in [2.24, 2.45) is 0 Å². The SMILES string of the molecule is CC(C)NC(=O)Cc1csc(NC(=O)Nc2ccc(F)cc2)n1. The van der Waals surface area contributed by atoms with E-state index < -0.39 is 6.03 Å². The highest BCUT2D eigenvalue weighted by atomic mass is 32.1. The molecule has 0 aliphatic carbocycles. The number of carbonyl (C=O) groups excluding carboxylic acids is 2. The number of benzene rings is 1. The van der Waals surface area contributed by atoms with Crippen molar-refractivity contribution in [3.05, 3.63) is 41.2 Å². The average molecular weight is 336 g/mol. The summed E-state index contributed by atoms with van der Waals surface area (Å²) in [6.45, 7) is 3.76. The Balaban J connectivity index is 1.87. The third-order valence-electron chi connectivity index (χ3n) is 2.67. The number of aromatic nitrogens is 1. The molecule has 3 amide bonds. The molecule has 6 nitrogen and oxygen atoms in total. The second-order valence-corrected chi connectivity index (χ2v) is 5.99. The van der Waals surface area contributed by atoms with Crippen molar-refractivity contribution >= 4 is 34.1 Å². The van der Waals surface area contributed by atoms with Crippen LogP contribution in [-0.2, 0) is 11.2 Å². The lowest BCUT2D eigenvalue weighted by atomic mass is 10.3. The number of nitrogens with zero attached hydrogens (tertiary/aromatic N) is 1. The van der Waals surface area contributed by atoms with Crippen LogP contribution in [0, 0.1) is 5.82 Å². The summed E-state index contributed by atoms with van der Waals surface area (Å²) < 4.78 is 12.8. The summed E-state index contributed by atoms with van der Waals surface area (Å²) in [6.07, 6.45) is 0.163. The molecule has 1 heterocycles. The summed E-state index contributed by atoms with van der Waals surface area (Å²) in [5.74, 6) is -0.493. The van der Waals surface area contributed by atoms with Gasteiger partial charge >= 0.3 is 6.03 Å². The number of hydrogen-bond donors (Lipinski definition) is 3. The smallest absolute Gasteiger partial charge is 0.325 e. The van der Waals surface area contributed by atoms with E-state index in [1.54, 1.807) is 5.38 Å². The van der Waals surface area contributed by atoms with E-state index in [0.717, 1.165) is 0 Å². The number of amides is 3. The zero-order chi connectivity index (χ0) is 16.8. The van der Waals surface area contributed by atoms with E-state index in [1.165, 1.54) is 35.6 Å². The van der Waals surface area contributed by atoms with Gasteiger partial charge in [-0.1, -0.05) is 0 Å². The molecule has 122 valence electrons. The quantitative estimate of drug-likeness (QED) is 0.785. The highest BCUT2D eigenvalue weighted by molar-refractivity contribution is 7.13. The number of carbonyl (C=O) groups is 2. The van der Waals surface area contributed by atoms with Crippen LogP contribution in [0.4, 0.5) is 20.0 Å². The first-order valence-electron chi connectivity index (χ1n) is 6.99. The van der Waals surface area contributed by atoms with Crippen LogP contribution in [0.15, 0.2) is 29.6 Å². The minimum absolute atomic E-state index is 0.0696. The van der Waals surface area contributed by atoms with Gasteiger partial charge in [0, 0.05) is 17.1 Å². The lowest BCUT2D eigenvalue weighted by Gasteiger charge is -2.06. The highest BCUT2D eigenvalue weighted by Crippen LogP contribution is 2.16. The third-order valence-corrected chi connectivity index (χ3v) is 3.47. The lowest BCUT2D eigenvalue weighted by Crippen LogP contribution is -2.31. The fourth-order valence-electron chi connectivity index (χ4n) is 1.78. The predicted octanol–water partition coefficient (Wildman–Crippen LogP) is 2.99. The Morgan fingerprint density at radius 2 is 1.91 bits per heavy atom. The van der Waals surface area contributed by atoms with Crippen LogP contribution in [0.2, 0.25) is 0 Å². The van der Waals surface area contributed by atoms with Gasteiger partial charge in [-0.05, 0) is 38.1 Å². The molecule has 0 aliphatic heterocycles. The first-order chi connectivity index (χ1) is 10.9. The zero-order valence-electron chi connectivity index (χ0n) is 12.7. The minimum Gasteiger partial charge on any atom is -0.354 e. The average Bonchev–Trinajstić information content (AvgIpc) is 2.87. The molecule has 2 aromatic rings. The van der Waals surface area contributed by atoms with E-state index >= 15 is 0 Å². The zero-order valence-corrected chi connectivity index (χ0v) is 13.5. The monoisotopic (exact) mass is 336 g/mol. The maximum absolute atomic E-state index is 12.8. The molecule has 0 saturated carbocycles. The summed E-state index contributed by atoms with van der Waals surface area (Å²) in [5.41, 5.74) is 1.06. The van der Waals surface area contributed by atoms with Gasteiger partial charge in [0.1, 0.15) is 5.82 Å². The molecular weight excluding hydrogens is 319 g/mol. The van der Waals surface area contributed by atoms with E-state index in [9.17, 15) is 14.0 Å². The number of thiazole rings is 1. The van der Waals surface area contributed by atoms with E-state index in [4.69, 9.17) is 0 Å². The molecule has 2 rings (SSSR count). The number of hydrogen-bond acceptors (Lipinski definition) is 4. The maximum atomic E-state index is 12.8. The summed E-state index contributed by atoms with van der Waals surface area (Å²) in [7, 11) is 0. The van der Waals surface area contributed by atoms with Gasteiger partial charge in [0.05, 0.1) is 12.1 Å². The van der Waals surface area contributed by atoms with Crippen LogP contribution in [-0.4, -0.2) is 23.0 Å². The number of nitrogens with one attached hydrogen (secondary N) is 3. The van der Waals surface area contributed by atoms with Crippen molar-refractivity contribution < 1.29 is 14.0 Å². The predicted molar refractivity (Wildman–Crippen MR) is 88.1 cm³/mol. The fourth-order valence-corrected chi connectivity index (χ4v) is 2.48. The van der Waals surface area contributed by atoms with Crippen molar-refractivity contribution in [3.63, 3.8) is 0 Å². The second-order valence-electron chi connectivity index (χ2n) is 5.13. The normalized spacial score (nSPS) is 10.4. The molecule has 0 bridgehead atoms. The molecule has 0 radical (unpaired) electrons. The fraction of sp³-hybridized carbons (Fsp3) is 0.267. The highest BCUT2D eigenvalue weighted by Gasteiger charge is 2.10. The third kappa shape index (κ3) is 5.67. The molecule has 0 spiro atoms. The Labute approximate surface area is 137 Å². The van der Waals surface area contributed by atoms with Crippen molar-refractivity contribution in [1.82, 2.24) is 10.3 Å². The summed E-state index contributed by atoms with van der Waals surface area (Å²) in [4.78, 5) is 27.6. The molecule has 0 saturated heterocycles. The van der Waals surface area contributed by atoms with Crippen LogP contribution in [0.25, 0.3) is 0 Å². The van der Waals surface area contributed by atoms with E-state index in [-0.39, 0.29) is 24.2 Å². The van der Waals surface area contributed by atoms with Gasteiger partial charge in [-0.15, -0.1) is 11.3 Å².